The molecule has 29 heavy (non-hydrogen) atoms. The van der Waals surface area contributed by atoms with Gasteiger partial charge in [0, 0.05) is 39.5 Å². The zero-order valence-corrected chi connectivity index (χ0v) is 17.1. The van der Waals surface area contributed by atoms with E-state index >= 15 is 0 Å². The van der Waals surface area contributed by atoms with Crippen LogP contribution < -0.4 is 15.2 Å². The van der Waals surface area contributed by atoms with Gasteiger partial charge in [0.15, 0.2) is 11.5 Å². The summed E-state index contributed by atoms with van der Waals surface area (Å²) in [6, 6.07) is 5.86. The normalized spacial score (nSPS) is 16.4. The van der Waals surface area contributed by atoms with Crippen LogP contribution in [-0.2, 0) is 31.2 Å². The Morgan fingerprint density at radius 3 is 2.72 bits per heavy atom. The Morgan fingerprint density at radius 1 is 1.21 bits per heavy atom. The van der Waals surface area contributed by atoms with E-state index in [0.29, 0.717) is 25.3 Å². The maximum Gasteiger partial charge on any atom is 0.345 e. The Kier molecular flexibility index (Phi) is 5.60. The van der Waals surface area contributed by atoms with Gasteiger partial charge in [-0.05, 0) is 49.8 Å². The molecule has 0 atom stereocenters. The predicted molar refractivity (Wildman–Crippen MR) is 107 cm³/mol. The summed E-state index contributed by atoms with van der Waals surface area (Å²) >= 11 is 0. The van der Waals surface area contributed by atoms with Gasteiger partial charge in [-0.2, -0.15) is 5.10 Å². The summed E-state index contributed by atoms with van der Waals surface area (Å²) in [7, 11) is 1.69. The van der Waals surface area contributed by atoms with Gasteiger partial charge in [-0.1, -0.05) is 6.07 Å². The molecule has 8 heteroatoms. The Bertz CT molecular complexity index is 941. The second-order valence-electron chi connectivity index (χ2n) is 7.78. The van der Waals surface area contributed by atoms with Gasteiger partial charge in [-0.15, -0.1) is 0 Å². The SMILES string of the molecule is CCn1c(CC2CCN(C(=O)CCc3ccc4c(c3)OCO4)CC2)nn(C)c1=O. The quantitative estimate of drug-likeness (QED) is 0.738. The molecule has 0 aliphatic carbocycles. The molecule has 4 rings (SSSR count). The maximum atomic E-state index is 12.6. The van der Waals surface area contributed by atoms with Gasteiger partial charge < -0.3 is 14.4 Å². The van der Waals surface area contributed by atoms with E-state index in [1.807, 2.05) is 30.0 Å². The van der Waals surface area contributed by atoms with Crippen LogP contribution in [0.15, 0.2) is 23.0 Å². The molecule has 1 saturated heterocycles. The molecule has 1 amide bonds. The number of carbonyl (C=O) groups excluding carboxylic acids is 1. The van der Waals surface area contributed by atoms with Crippen molar-refractivity contribution in [2.24, 2.45) is 13.0 Å². The molecule has 0 N–H and O–H groups in total. The fourth-order valence-corrected chi connectivity index (χ4v) is 4.17. The molecule has 2 aliphatic heterocycles. The fourth-order valence-electron chi connectivity index (χ4n) is 4.17. The standard InChI is InChI=1S/C21H28N4O4/c1-3-25-19(22-23(2)21(25)27)13-16-8-10-24(11-9-16)20(26)7-5-15-4-6-17-18(12-15)29-14-28-17/h4,6,12,16H,3,5,7-11,13-14H2,1-2H3. The van der Waals surface area contributed by atoms with Crippen molar-refractivity contribution in [2.45, 2.75) is 45.6 Å². The molecule has 2 aliphatic rings. The average Bonchev–Trinajstić information content (AvgIpc) is 3.30. The summed E-state index contributed by atoms with van der Waals surface area (Å²) in [4.78, 5) is 26.6. The number of fused-ring (bicyclic) bond motifs is 1. The molecule has 8 nitrogen and oxygen atoms in total. The van der Waals surface area contributed by atoms with E-state index in [9.17, 15) is 9.59 Å². The molecule has 1 aromatic heterocycles. The van der Waals surface area contributed by atoms with Crippen LogP contribution in [0.3, 0.4) is 0 Å². The van der Waals surface area contributed by atoms with Crippen LogP contribution >= 0.6 is 0 Å². The minimum Gasteiger partial charge on any atom is -0.454 e. The van der Waals surface area contributed by atoms with Crippen molar-refractivity contribution in [1.82, 2.24) is 19.2 Å². The van der Waals surface area contributed by atoms with Crippen LogP contribution in [0.2, 0.25) is 0 Å². The number of rotatable bonds is 6. The van der Waals surface area contributed by atoms with Gasteiger partial charge in [0.25, 0.3) is 0 Å². The van der Waals surface area contributed by atoms with Gasteiger partial charge in [0.2, 0.25) is 12.7 Å². The van der Waals surface area contributed by atoms with Crippen LogP contribution in [0.4, 0.5) is 0 Å². The number of likely N-dealkylation sites (tertiary alicyclic amines) is 1. The van der Waals surface area contributed by atoms with E-state index in [0.717, 1.165) is 55.2 Å². The van der Waals surface area contributed by atoms with Crippen LogP contribution in [0.25, 0.3) is 0 Å². The monoisotopic (exact) mass is 400 g/mol. The van der Waals surface area contributed by atoms with E-state index in [2.05, 4.69) is 5.10 Å². The first kappa shape index (κ1) is 19.5. The third-order valence-corrected chi connectivity index (χ3v) is 5.90. The molecule has 0 unspecified atom stereocenters. The molecule has 0 bridgehead atoms. The average molecular weight is 400 g/mol. The number of hydrogen-bond donors (Lipinski definition) is 0. The molecule has 2 aromatic rings. The smallest absolute Gasteiger partial charge is 0.345 e. The molecule has 1 aromatic carbocycles. The summed E-state index contributed by atoms with van der Waals surface area (Å²) in [6.45, 7) is 4.41. The lowest BCUT2D eigenvalue weighted by atomic mass is 9.93. The zero-order valence-electron chi connectivity index (χ0n) is 17.1. The summed E-state index contributed by atoms with van der Waals surface area (Å²) in [5, 5.41) is 4.38. The highest BCUT2D eigenvalue weighted by atomic mass is 16.7. The third-order valence-electron chi connectivity index (χ3n) is 5.90. The molecule has 3 heterocycles. The van der Waals surface area contributed by atoms with Gasteiger partial charge in [0.1, 0.15) is 5.82 Å². The van der Waals surface area contributed by atoms with Gasteiger partial charge in [0.05, 0.1) is 0 Å². The number of piperidine rings is 1. The van der Waals surface area contributed by atoms with Crippen LogP contribution in [0.5, 0.6) is 11.5 Å². The number of aryl methyl sites for hydroxylation is 2. The van der Waals surface area contributed by atoms with E-state index in [4.69, 9.17) is 9.47 Å². The van der Waals surface area contributed by atoms with Crippen molar-refractivity contribution in [3.05, 3.63) is 40.1 Å². The number of ether oxygens (including phenoxy) is 2. The number of amides is 1. The largest absolute Gasteiger partial charge is 0.454 e. The molecular formula is C21H28N4O4. The second-order valence-corrected chi connectivity index (χ2v) is 7.78. The van der Waals surface area contributed by atoms with Crippen molar-refractivity contribution in [3.63, 3.8) is 0 Å². The van der Waals surface area contributed by atoms with E-state index in [-0.39, 0.29) is 18.4 Å². The van der Waals surface area contributed by atoms with Gasteiger partial charge in [-0.3, -0.25) is 9.36 Å². The fraction of sp³-hybridized carbons (Fsp3) is 0.571. The van der Waals surface area contributed by atoms with E-state index in [1.54, 1.807) is 11.6 Å². The Balaban J connectivity index is 1.26. The van der Waals surface area contributed by atoms with Crippen molar-refractivity contribution >= 4 is 5.91 Å². The van der Waals surface area contributed by atoms with E-state index < -0.39 is 0 Å². The molecule has 0 radical (unpaired) electrons. The molecule has 1 fully saturated rings. The van der Waals surface area contributed by atoms with E-state index in [1.165, 1.54) is 4.68 Å². The molecular weight excluding hydrogens is 372 g/mol. The highest BCUT2D eigenvalue weighted by molar-refractivity contribution is 5.76. The topological polar surface area (TPSA) is 78.6 Å². The second kappa shape index (κ2) is 8.31. The zero-order chi connectivity index (χ0) is 20.4. The molecule has 0 saturated carbocycles. The van der Waals surface area contributed by atoms with Crippen LogP contribution in [0.1, 0.15) is 37.6 Å². The van der Waals surface area contributed by atoms with Crippen molar-refractivity contribution in [2.75, 3.05) is 19.9 Å². The highest BCUT2D eigenvalue weighted by Gasteiger charge is 2.25. The minimum absolute atomic E-state index is 0.0568. The molecule has 156 valence electrons. The number of hydrogen-bond acceptors (Lipinski definition) is 5. The van der Waals surface area contributed by atoms with Crippen LogP contribution in [-0.4, -0.2) is 45.0 Å². The van der Waals surface area contributed by atoms with Crippen LogP contribution in [0, 0.1) is 5.92 Å². The number of benzene rings is 1. The minimum atomic E-state index is -0.0568. The number of aromatic nitrogens is 3. The summed E-state index contributed by atoms with van der Waals surface area (Å²) in [6.07, 6.45) is 3.89. The number of carbonyl (C=O) groups is 1. The Morgan fingerprint density at radius 2 is 1.97 bits per heavy atom. The van der Waals surface area contributed by atoms with Gasteiger partial charge in [-0.25, -0.2) is 9.48 Å². The first-order chi connectivity index (χ1) is 14.0. The number of nitrogens with zero attached hydrogens (tertiary/aromatic N) is 4. The lowest BCUT2D eigenvalue weighted by Gasteiger charge is -2.32. The Hall–Kier alpha value is -2.77. The Labute approximate surface area is 170 Å². The highest BCUT2D eigenvalue weighted by Crippen LogP contribution is 2.32. The maximum absolute atomic E-state index is 12.6. The lowest BCUT2D eigenvalue weighted by Crippen LogP contribution is -2.39. The summed E-state index contributed by atoms with van der Waals surface area (Å²) in [5.41, 5.74) is 1.03. The van der Waals surface area contributed by atoms with Crippen molar-refractivity contribution in [3.8, 4) is 11.5 Å². The van der Waals surface area contributed by atoms with Gasteiger partial charge >= 0.3 is 5.69 Å². The lowest BCUT2D eigenvalue weighted by molar-refractivity contribution is -0.132. The summed E-state index contributed by atoms with van der Waals surface area (Å²) in [5.74, 6) is 3.04. The predicted octanol–water partition coefficient (Wildman–Crippen LogP) is 1.74. The molecule has 0 spiro atoms. The van der Waals surface area contributed by atoms with Crippen molar-refractivity contribution < 1.29 is 14.3 Å². The first-order valence-corrected chi connectivity index (χ1v) is 10.3. The van der Waals surface area contributed by atoms with Crippen molar-refractivity contribution in [1.29, 1.82) is 0 Å². The first-order valence-electron chi connectivity index (χ1n) is 10.3. The summed E-state index contributed by atoms with van der Waals surface area (Å²) < 4.78 is 13.9. The third kappa shape index (κ3) is 4.16.